The van der Waals surface area contributed by atoms with Gasteiger partial charge in [0, 0.05) is 30.1 Å². The Bertz CT molecular complexity index is 820. The molecule has 1 aromatic carbocycles. The molecule has 1 aliphatic heterocycles. The number of pyridine rings is 1. The molecule has 7 heteroatoms. The Labute approximate surface area is 143 Å². The maximum absolute atomic E-state index is 13.3. The monoisotopic (exact) mass is 352 g/mol. The van der Waals surface area contributed by atoms with Gasteiger partial charge in [-0.1, -0.05) is 6.07 Å². The molecule has 0 spiro atoms. The number of aryl methyl sites for hydroxylation is 1. The number of halogens is 3. The molecule has 0 saturated carbocycles. The lowest BCUT2D eigenvalue weighted by atomic mass is 10.1. The minimum atomic E-state index is -4.48. The first-order valence-corrected chi connectivity index (χ1v) is 8.01. The van der Waals surface area contributed by atoms with E-state index in [2.05, 4.69) is 4.98 Å². The summed E-state index contributed by atoms with van der Waals surface area (Å²) in [7, 11) is 1.84. The van der Waals surface area contributed by atoms with Crippen molar-refractivity contribution in [1.29, 1.82) is 0 Å². The van der Waals surface area contributed by atoms with Crippen molar-refractivity contribution in [2.45, 2.75) is 38.6 Å². The number of rotatable bonds is 3. The average Bonchev–Trinajstić information content (AvgIpc) is 2.86. The fourth-order valence-corrected chi connectivity index (χ4v) is 3.36. The van der Waals surface area contributed by atoms with Crippen LogP contribution in [-0.2, 0) is 11.0 Å². The third-order valence-corrected chi connectivity index (χ3v) is 4.51. The van der Waals surface area contributed by atoms with E-state index in [0.717, 1.165) is 6.07 Å². The van der Waals surface area contributed by atoms with Gasteiger partial charge in [0.05, 0.1) is 17.1 Å². The van der Waals surface area contributed by atoms with Crippen LogP contribution in [0.1, 0.15) is 24.6 Å². The second-order valence-electron chi connectivity index (χ2n) is 6.50. The van der Waals surface area contributed by atoms with E-state index in [1.54, 1.807) is 19.1 Å². The standard InChI is InChI=1S/C18H19F3N2O2/c1-10-7-16(25-12-8-15(11(2)24)23(3)9-12)13-5-4-6-14(17(13)22-10)18(19,20)21/h4-7,12,15H,8-9H2,1-3H3. The molecule has 25 heavy (non-hydrogen) atoms. The molecule has 1 saturated heterocycles. The number of para-hydroxylation sites is 1. The van der Waals surface area contributed by atoms with Crippen molar-refractivity contribution in [2.75, 3.05) is 13.6 Å². The van der Waals surface area contributed by atoms with Crippen molar-refractivity contribution in [3.8, 4) is 5.75 Å². The Morgan fingerprint density at radius 2 is 2.08 bits per heavy atom. The van der Waals surface area contributed by atoms with Crippen molar-refractivity contribution < 1.29 is 22.7 Å². The molecule has 1 aromatic heterocycles. The summed E-state index contributed by atoms with van der Waals surface area (Å²) in [5.74, 6) is 0.430. The number of Topliss-reactive ketones (excluding diaryl/α,β-unsaturated/α-hetero) is 1. The topological polar surface area (TPSA) is 42.4 Å². The number of alkyl halides is 3. The highest BCUT2D eigenvalue weighted by molar-refractivity contribution is 5.88. The van der Waals surface area contributed by atoms with E-state index < -0.39 is 11.7 Å². The summed E-state index contributed by atoms with van der Waals surface area (Å²) in [6, 6.07) is 5.38. The number of aromatic nitrogens is 1. The number of benzene rings is 1. The zero-order chi connectivity index (χ0) is 18.4. The summed E-state index contributed by atoms with van der Waals surface area (Å²) in [5.41, 5.74) is -0.433. The normalized spacial score (nSPS) is 21.7. The van der Waals surface area contributed by atoms with Crippen LogP contribution in [-0.4, -0.2) is 41.4 Å². The predicted octanol–water partition coefficient (Wildman–Crippen LogP) is 3.60. The number of ether oxygens (including phenoxy) is 1. The minimum absolute atomic E-state index is 0.0590. The largest absolute Gasteiger partial charge is 0.488 e. The van der Waals surface area contributed by atoms with Crippen molar-refractivity contribution in [1.82, 2.24) is 9.88 Å². The summed E-state index contributed by atoms with van der Waals surface area (Å²) in [4.78, 5) is 17.6. The number of likely N-dealkylation sites (tertiary alicyclic amines) is 1. The maximum atomic E-state index is 13.3. The van der Waals surface area contributed by atoms with Gasteiger partial charge in [-0.05, 0) is 33.0 Å². The van der Waals surface area contributed by atoms with Gasteiger partial charge in [0.1, 0.15) is 17.6 Å². The maximum Gasteiger partial charge on any atom is 0.418 e. The Balaban J connectivity index is 1.99. The van der Waals surface area contributed by atoms with Crippen LogP contribution in [0.25, 0.3) is 10.9 Å². The molecule has 0 radical (unpaired) electrons. The lowest BCUT2D eigenvalue weighted by molar-refractivity contribution is -0.136. The number of likely N-dealkylation sites (N-methyl/N-ethyl adjacent to an activating group) is 1. The number of carbonyl (C=O) groups is 1. The molecular weight excluding hydrogens is 333 g/mol. The number of carbonyl (C=O) groups excluding carboxylic acids is 1. The van der Waals surface area contributed by atoms with Crippen LogP contribution in [0.5, 0.6) is 5.75 Å². The van der Waals surface area contributed by atoms with Crippen molar-refractivity contribution in [3.63, 3.8) is 0 Å². The van der Waals surface area contributed by atoms with E-state index in [9.17, 15) is 18.0 Å². The van der Waals surface area contributed by atoms with Crippen LogP contribution in [0.4, 0.5) is 13.2 Å². The lowest BCUT2D eigenvalue weighted by Crippen LogP contribution is -2.31. The number of hydrogen-bond acceptors (Lipinski definition) is 4. The van der Waals surface area contributed by atoms with Crippen molar-refractivity contribution in [2.24, 2.45) is 0 Å². The van der Waals surface area contributed by atoms with Crippen LogP contribution < -0.4 is 4.74 Å². The highest BCUT2D eigenvalue weighted by Crippen LogP contribution is 2.37. The summed E-state index contributed by atoms with van der Waals surface area (Å²) < 4.78 is 45.7. The SMILES string of the molecule is CC(=O)C1CC(Oc2cc(C)nc3c(C(F)(F)F)cccc23)CN1C. The molecule has 1 fully saturated rings. The summed E-state index contributed by atoms with van der Waals surface area (Å²) >= 11 is 0. The highest BCUT2D eigenvalue weighted by atomic mass is 19.4. The highest BCUT2D eigenvalue weighted by Gasteiger charge is 2.35. The molecule has 0 aliphatic carbocycles. The molecule has 2 aromatic rings. The van der Waals surface area contributed by atoms with E-state index in [0.29, 0.717) is 29.8 Å². The van der Waals surface area contributed by atoms with Gasteiger partial charge in [-0.2, -0.15) is 13.2 Å². The van der Waals surface area contributed by atoms with Crippen LogP contribution in [0.2, 0.25) is 0 Å². The van der Waals surface area contributed by atoms with Crippen LogP contribution in [0.15, 0.2) is 24.3 Å². The first-order valence-electron chi connectivity index (χ1n) is 8.01. The van der Waals surface area contributed by atoms with Gasteiger partial charge in [0.25, 0.3) is 0 Å². The fourth-order valence-electron chi connectivity index (χ4n) is 3.36. The van der Waals surface area contributed by atoms with Crippen molar-refractivity contribution >= 4 is 16.7 Å². The van der Waals surface area contributed by atoms with Gasteiger partial charge < -0.3 is 4.74 Å². The Morgan fingerprint density at radius 1 is 1.36 bits per heavy atom. The number of nitrogens with zero attached hydrogens (tertiary/aromatic N) is 2. The number of ketones is 1. The molecule has 0 bridgehead atoms. The van der Waals surface area contributed by atoms with E-state index in [-0.39, 0.29) is 23.4 Å². The summed E-state index contributed by atoms with van der Waals surface area (Å²) in [5, 5.41) is 0.328. The first kappa shape index (κ1) is 17.7. The quantitative estimate of drug-likeness (QED) is 0.846. The van der Waals surface area contributed by atoms with E-state index in [1.807, 2.05) is 11.9 Å². The van der Waals surface area contributed by atoms with Gasteiger partial charge >= 0.3 is 6.18 Å². The molecule has 134 valence electrons. The molecule has 2 heterocycles. The van der Waals surface area contributed by atoms with Gasteiger partial charge in [0.2, 0.25) is 0 Å². The third kappa shape index (κ3) is 3.46. The first-order chi connectivity index (χ1) is 11.7. The second-order valence-corrected chi connectivity index (χ2v) is 6.50. The van der Waals surface area contributed by atoms with Crippen molar-refractivity contribution in [3.05, 3.63) is 35.5 Å². The molecule has 2 unspecified atom stereocenters. The zero-order valence-electron chi connectivity index (χ0n) is 14.2. The predicted molar refractivity (Wildman–Crippen MR) is 87.6 cm³/mol. The third-order valence-electron chi connectivity index (χ3n) is 4.51. The minimum Gasteiger partial charge on any atom is -0.488 e. The molecule has 1 aliphatic rings. The molecule has 3 rings (SSSR count). The second kappa shape index (κ2) is 6.29. The van der Waals surface area contributed by atoms with Gasteiger partial charge in [-0.15, -0.1) is 0 Å². The van der Waals surface area contributed by atoms with E-state index in [1.165, 1.54) is 13.0 Å². The molecule has 2 atom stereocenters. The van der Waals surface area contributed by atoms with Gasteiger partial charge in [-0.25, -0.2) is 0 Å². The van der Waals surface area contributed by atoms with E-state index >= 15 is 0 Å². The van der Waals surface area contributed by atoms with Gasteiger partial charge in [-0.3, -0.25) is 14.7 Å². The van der Waals surface area contributed by atoms with Crippen LogP contribution in [0, 0.1) is 6.92 Å². The molecule has 0 N–H and O–H groups in total. The summed E-state index contributed by atoms with van der Waals surface area (Å²) in [6.07, 6.45) is -4.21. The number of hydrogen-bond donors (Lipinski definition) is 0. The molecular formula is C18H19F3N2O2. The van der Waals surface area contributed by atoms with E-state index in [4.69, 9.17) is 4.74 Å². The Kier molecular flexibility index (Phi) is 4.45. The molecule has 0 amide bonds. The summed E-state index contributed by atoms with van der Waals surface area (Å²) in [6.45, 7) is 3.72. The Hall–Kier alpha value is -2.15. The van der Waals surface area contributed by atoms with Gasteiger partial charge in [0.15, 0.2) is 0 Å². The molecule has 4 nitrogen and oxygen atoms in total. The lowest BCUT2D eigenvalue weighted by Gasteiger charge is -2.17. The smallest absolute Gasteiger partial charge is 0.418 e. The Morgan fingerprint density at radius 3 is 2.68 bits per heavy atom. The fraction of sp³-hybridized carbons (Fsp3) is 0.444. The van der Waals surface area contributed by atoms with Crippen LogP contribution in [0.3, 0.4) is 0 Å². The zero-order valence-corrected chi connectivity index (χ0v) is 14.2. The van der Waals surface area contributed by atoms with Crippen LogP contribution >= 0.6 is 0 Å². The number of fused-ring (bicyclic) bond motifs is 1. The average molecular weight is 352 g/mol.